The van der Waals surface area contributed by atoms with E-state index in [1.54, 1.807) is 6.07 Å². The van der Waals surface area contributed by atoms with Crippen molar-refractivity contribution in [2.75, 3.05) is 0 Å². The first kappa shape index (κ1) is 22.9. The summed E-state index contributed by atoms with van der Waals surface area (Å²) in [5.41, 5.74) is 2.11. The molecule has 2 rings (SSSR count). The van der Waals surface area contributed by atoms with Crippen LogP contribution in [-0.2, 0) is 22.6 Å². The van der Waals surface area contributed by atoms with Crippen LogP contribution >= 0.6 is 11.6 Å². The van der Waals surface area contributed by atoms with Crippen LogP contribution in [0.25, 0.3) is 0 Å². The minimum absolute atomic E-state index is 0.0482. The minimum atomic E-state index is -0.657. The second-order valence-corrected chi connectivity index (χ2v) is 7.82. The summed E-state index contributed by atoms with van der Waals surface area (Å²) >= 11 is 6.12. The van der Waals surface area contributed by atoms with E-state index in [-0.39, 0.29) is 41.4 Å². The monoisotopic (exact) mass is 418 g/mol. The van der Waals surface area contributed by atoms with Gasteiger partial charge in [0, 0.05) is 23.2 Å². The summed E-state index contributed by atoms with van der Waals surface area (Å²) in [6.07, 6.45) is 0.240. The largest absolute Gasteiger partial charge is 0.352 e. The highest BCUT2D eigenvalue weighted by molar-refractivity contribution is 6.31. The number of nitrogens with one attached hydrogen (secondary N) is 1. The Kier molecular flexibility index (Phi) is 8.21. The lowest BCUT2D eigenvalue weighted by molar-refractivity contribution is -0.141. The van der Waals surface area contributed by atoms with Crippen LogP contribution in [-0.4, -0.2) is 28.8 Å². The van der Waals surface area contributed by atoms with Crippen LogP contribution in [0.5, 0.6) is 0 Å². The van der Waals surface area contributed by atoms with Crippen molar-refractivity contribution in [2.24, 2.45) is 0 Å². The summed E-state index contributed by atoms with van der Waals surface area (Å²) < 4.78 is 14.2. The maximum Gasteiger partial charge on any atom is 0.243 e. The summed E-state index contributed by atoms with van der Waals surface area (Å²) in [4.78, 5) is 27.6. The van der Waals surface area contributed by atoms with Crippen LogP contribution in [0.15, 0.2) is 42.5 Å². The Morgan fingerprint density at radius 2 is 1.83 bits per heavy atom. The molecular formula is C23H28ClFN2O2. The zero-order chi connectivity index (χ0) is 21.6. The van der Waals surface area contributed by atoms with Crippen LogP contribution in [0.2, 0.25) is 5.02 Å². The summed E-state index contributed by atoms with van der Waals surface area (Å²) in [5, 5.41) is 3.09. The molecular weight excluding hydrogens is 391 g/mol. The van der Waals surface area contributed by atoms with Crippen LogP contribution in [0.1, 0.15) is 43.9 Å². The van der Waals surface area contributed by atoms with Gasteiger partial charge in [-0.2, -0.15) is 0 Å². The molecule has 1 atom stereocenters. The molecule has 29 heavy (non-hydrogen) atoms. The van der Waals surface area contributed by atoms with Crippen molar-refractivity contribution >= 4 is 23.4 Å². The second-order valence-electron chi connectivity index (χ2n) is 7.41. The summed E-state index contributed by atoms with van der Waals surface area (Å²) in [6, 6.07) is 11.3. The minimum Gasteiger partial charge on any atom is -0.352 e. The van der Waals surface area contributed by atoms with Crippen LogP contribution < -0.4 is 5.32 Å². The Balaban J connectivity index is 2.38. The first-order valence-corrected chi connectivity index (χ1v) is 10.2. The summed E-state index contributed by atoms with van der Waals surface area (Å²) in [7, 11) is 0. The number of hydrogen-bond donors (Lipinski definition) is 1. The van der Waals surface area contributed by atoms with E-state index in [0.717, 1.165) is 11.1 Å². The van der Waals surface area contributed by atoms with Gasteiger partial charge in [0.25, 0.3) is 0 Å². The topological polar surface area (TPSA) is 49.4 Å². The predicted molar refractivity (Wildman–Crippen MR) is 114 cm³/mol. The first-order valence-electron chi connectivity index (χ1n) is 9.81. The van der Waals surface area contributed by atoms with Gasteiger partial charge in [0.05, 0.1) is 6.42 Å². The van der Waals surface area contributed by atoms with Gasteiger partial charge in [0.1, 0.15) is 11.9 Å². The maximum absolute atomic E-state index is 14.2. The van der Waals surface area contributed by atoms with Crippen LogP contribution in [0.4, 0.5) is 4.39 Å². The van der Waals surface area contributed by atoms with Gasteiger partial charge in [-0.3, -0.25) is 9.59 Å². The van der Waals surface area contributed by atoms with E-state index in [1.165, 1.54) is 17.0 Å². The maximum atomic E-state index is 14.2. The number of aryl methyl sites for hydroxylation is 1. The molecule has 0 radical (unpaired) electrons. The Morgan fingerprint density at radius 1 is 1.14 bits per heavy atom. The van der Waals surface area contributed by atoms with Crippen molar-refractivity contribution in [3.05, 3.63) is 70.0 Å². The average Bonchev–Trinajstić information content (AvgIpc) is 2.65. The van der Waals surface area contributed by atoms with Crippen molar-refractivity contribution in [2.45, 2.75) is 59.2 Å². The molecule has 0 saturated carbocycles. The number of carbonyl (C=O) groups is 2. The molecule has 0 unspecified atom stereocenters. The number of halogens is 2. The number of amides is 2. The molecule has 0 aliphatic heterocycles. The Labute approximate surface area is 177 Å². The smallest absolute Gasteiger partial charge is 0.243 e. The van der Waals surface area contributed by atoms with E-state index in [9.17, 15) is 14.0 Å². The van der Waals surface area contributed by atoms with Crippen LogP contribution in [0, 0.1) is 12.7 Å². The van der Waals surface area contributed by atoms with Gasteiger partial charge in [-0.1, -0.05) is 48.9 Å². The van der Waals surface area contributed by atoms with Crippen molar-refractivity contribution in [3.8, 4) is 0 Å². The lowest BCUT2D eigenvalue weighted by Gasteiger charge is -2.32. The Hall–Kier alpha value is -2.40. The van der Waals surface area contributed by atoms with E-state index in [1.807, 2.05) is 52.0 Å². The number of hydrogen-bond acceptors (Lipinski definition) is 2. The van der Waals surface area contributed by atoms with Crippen molar-refractivity contribution in [1.29, 1.82) is 0 Å². The van der Waals surface area contributed by atoms with Crippen molar-refractivity contribution < 1.29 is 14.0 Å². The molecule has 0 aliphatic carbocycles. The van der Waals surface area contributed by atoms with Gasteiger partial charge >= 0.3 is 0 Å². The first-order chi connectivity index (χ1) is 13.7. The Morgan fingerprint density at radius 3 is 2.41 bits per heavy atom. The van der Waals surface area contributed by atoms with Gasteiger partial charge in [0.2, 0.25) is 11.8 Å². The number of benzene rings is 2. The Bertz CT molecular complexity index is 849. The van der Waals surface area contributed by atoms with E-state index in [2.05, 4.69) is 5.32 Å². The molecule has 0 aromatic heterocycles. The van der Waals surface area contributed by atoms with Crippen LogP contribution in [0.3, 0.4) is 0 Å². The zero-order valence-corrected chi connectivity index (χ0v) is 18.1. The molecule has 1 N–H and O–H groups in total. The molecule has 0 fully saturated rings. The quantitative estimate of drug-likeness (QED) is 0.677. The highest BCUT2D eigenvalue weighted by Gasteiger charge is 2.30. The van der Waals surface area contributed by atoms with Gasteiger partial charge in [0.15, 0.2) is 0 Å². The van der Waals surface area contributed by atoms with Gasteiger partial charge in [-0.25, -0.2) is 4.39 Å². The van der Waals surface area contributed by atoms with E-state index in [0.29, 0.717) is 6.42 Å². The highest BCUT2D eigenvalue weighted by Crippen LogP contribution is 2.22. The predicted octanol–water partition coefficient (Wildman–Crippen LogP) is 4.66. The van der Waals surface area contributed by atoms with Gasteiger partial charge in [-0.05, 0) is 50.5 Å². The number of nitrogens with zero attached hydrogens (tertiary/aromatic N) is 1. The third-order valence-corrected chi connectivity index (χ3v) is 5.16. The molecule has 0 bridgehead atoms. The molecule has 2 amide bonds. The fourth-order valence-electron chi connectivity index (χ4n) is 3.23. The third kappa shape index (κ3) is 6.04. The molecule has 6 heteroatoms. The molecule has 0 saturated heterocycles. The fourth-order valence-corrected chi connectivity index (χ4v) is 3.46. The van der Waals surface area contributed by atoms with E-state index < -0.39 is 11.9 Å². The SMILES string of the molecule is CC[C@H](C(=O)NC(C)C)N(Cc1ccccc1C)C(=O)Cc1c(F)cccc1Cl. The lowest BCUT2D eigenvalue weighted by Crippen LogP contribution is -2.50. The molecule has 0 spiro atoms. The molecule has 2 aromatic carbocycles. The second kappa shape index (κ2) is 10.4. The molecule has 0 aliphatic rings. The standard InChI is InChI=1S/C23H28ClFN2O2/c1-5-21(23(29)26-15(2)3)27(14-17-10-7-6-9-16(17)4)22(28)13-18-19(24)11-8-12-20(18)25/h6-12,15,21H,5,13-14H2,1-4H3,(H,26,29)/t21-/m1/s1. The van der Waals surface area contributed by atoms with Gasteiger partial charge < -0.3 is 10.2 Å². The fraction of sp³-hybridized carbons (Fsp3) is 0.391. The van der Waals surface area contributed by atoms with E-state index in [4.69, 9.17) is 11.6 Å². The van der Waals surface area contributed by atoms with E-state index >= 15 is 0 Å². The normalized spacial score (nSPS) is 12.0. The van der Waals surface area contributed by atoms with Crippen molar-refractivity contribution in [1.82, 2.24) is 10.2 Å². The highest BCUT2D eigenvalue weighted by atomic mass is 35.5. The average molecular weight is 419 g/mol. The molecule has 2 aromatic rings. The lowest BCUT2D eigenvalue weighted by atomic mass is 10.0. The summed E-state index contributed by atoms with van der Waals surface area (Å²) in [6.45, 7) is 7.83. The third-order valence-electron chi connectivity index (χ3n) is 4.81. The summed E-state index contributed by atoms with van der Waals surface area (Å²) in [5.74, 6) is -1.09. The van der Waals surface area contributed by atoms with Gasteiger partial charge in [-0.15, -0.1) is 0 Å². The zero-order valence-electron chi connectivity index (χ0n) is 17.3. The van der Waals surface area contributed by atoms with Crippen molar-refractivity contribution in [3.63, 3.8) is 0 Å². The molecule has 4 nitrogen and oxygen atoms in total. The number of rotatable bonds is 8. The number of carbonyl (C=O) groups excluding carboxylic acids is 2. The molecule has 0 heterocycles. The molecule has 156 valence electrons.